The van der Waals surface area contributed by atoms with E-state index in [9.17, 15) is 0 Å². The molecule has 0 amide bonds. The van der Waals surface area contributed by atoms with E-state index in [0.29, 0.717) is 12.0 Å². The van der Waals surface area contributed by atoms with Gasteiger partial charge in [0.05, 0.1) is 0 Å². The van der Waals surface area contributed by atoms with E-state index >= 15 is 0 Å². The first-order valence-electron chi connectivity index (χ1n) is 6.00. The van der Waals surface area contributed by atoms with Crippen LogP contribution in [0.2, 0.25) is 0 Å². The van der Waals surface area contributed by atoms with Gasteiger partial charge < -0.3 is 11.1 Å². The van der Waals surface area contributed by atoms with Crippen LogP contribution >= 0.6 is 0 Å². The quantitative estimate of drug-likeness (QED) is 0.323. The number of hydrogen-bond acceptors (Lipinski definition) is 1. The summed E-state index contributed by atoms with van der Waals surface area (Å²) in [5.41, 5.74) is 5.80. The van der Waals surface area contributed by atoms with Crippen molar-refractivity contribution in [3.63, 3.8) is 0 Å². The van der Waals surface area contributed by atoms with Gasteiger partial charge in [-0.05, 0) is 26.2 Å². The molecule has 0 spiro atoms. The molecule has 0 aliphatic heterocycles. The molecule has 3 N–H and O–H groups in total. The van der Waals surface area contributed by atoms with Crippen LogP contribution in [0.25, 0.3) is 0 Å². The Labute approximate surface area is 92.8 Å². The second-order valence-electron chi connectivity index (χ2n) is 4.10. The molecule has 0 aromatic rings. The summed E-state index contributed by atoms with van der Waals surface area (Å²) in [6.07, 6.45) is 11.6. The summed E-state index contributed by atoms with van der Waals surface area (Å²) >= 11 is 0. The molecule has 86 valence electrons. The Morgan fingerprint density at radius 1 is 1.40 bits per heavy atom. The Morgan fingerprint density at radius 2 is 2.13 bits per heavy atom. The first-order chi connectivity index (χ1) is 7.33. The van der Waals surface area contributed by atoms with Gasteiger partial charge in [0, 0.05) is 12.6 Å². The first kappa shape index (κ1) is 12.1. The van der Waals surface area contributed by atoms with Gasteiger partial charge in [-0.1, -0.05) is 31.4 Å². The number of nitrogens with one attached hydrogen (secondary N) is 1. The van der Waals surface area contributed by atoms with Crippen molar-refractivity contribution < 1.29 is 0 Å². The number of nitrogens with zero attached hydrogens (tertiary/aromatic N) is 1. The normalized spacial score (nSPS) is 19.7. The second kappa shape index (κ2) is 7.32. The average Bonchev–Trinajstić information content (AvgIpc) is 2.26. The third-order valence-corrected chi connectivity index (χ3v) is 2.77. The van der Waals surface area contributed by atoms with Crippen molar-refractivity contribution in [3.8, 4) is 0 Å². The highest BCUT2D eigenvalue weighted by Gasteiger charge is 2.12. The van der Waals surface area contributed by atoms with Gasteiger partial charge in [0.2, 0.25) is 0 Å². The van der Waals surface area contributed by atoms with E-state index < -0.39 is 0 Å². The number of nitrogens with two attached hydrogens (primary N) is 1. The molecule has 3 nitrogen and oxygen atoms in total. The molecular formula is C12H23N3. The topological polar surface area (TPSA) is 50.4 Å². The maximum atomic E-state index is 5.80. The summed E-state index contributed by atoms with van der Waals surface area (Å²) in [6.45, 7) is 2.81. The van der Waals surface area contributed by atoms with Crippen molar-refractivity contribution in [3.05, 3.63) is 12.2 Å². The fourth-order valence-electron chi connectivity index (χ4n) is 1.93. The molecule has 0 saturated heterocycles. The number of rotatable bonds is 4. The Bertz CT molecular complexity index is 215. The van der Waals surface area contributed by atoms with E-state index in [1.807, 2.05) is 13.0 Å². The average molecular weight is 209 g/mol. The summed E-state index contributed by atoms with van der Waals surface area (Å²) in [5, 5.41) is 3.30. The number of hydrogen-bond donors (Lipinski definition) is 2. The summed E-state index contributed by atoms with van der Waals surface area (Å²) in [7, 11) is 0. The lowest BCUT2D eigenvalue weighted by Crippen LogP contribution is -2.41. The minimum absolute atomic E-state index is 0.559. The molecule has 1 fully saturated rings. The fourth-order valence-corrected chi connectivity index (χ4v) is 1.93. The van der Waals surface area contributed by atoms with E-state index in [4.69, 9.17) is 5.73 Å². The lowest BCUT2D eigenvalue weighted by atomic mass is 9.96. The molecule has 1 aliphatic carbocycles. The van der Waals surface area contributed by atoms with E-state index in [0.717, 1.165) is 13.0 Å². The first-order valence-corrected chi connectivity index (χ1v) is 6.00. The number of aliphatic imine (C=N–C) groups is 1. The van der Waals surface area contributed by atoms with E-state index in [1.54, 1.807) is 0 Å². The lowest BCUT2D eigenvalue weighted by molar-refractivity contribution is 0.412. The second-order valence-corrected chi connectivity index (χ2v) is 4.10. The molecule has 1 rings (SSSR count). The van der Waals surface area contributed by atoms with Crippen LogP contribution in [0.4, 0.5) is 0 Å². The Kier molecular flexibility index (Phi) is 5.90. The predicted octanol–water partition coefficient (Wildman–Crippen LogP) is 2.19. The molecule has 0 aromatic heterocycles. The molecule has 15 heavy (non-hydrogen) atoms. The van der Waals surface area contributed by atoms with Gasteiger partial charge in [0.1, 0.15) is 0 Å². The molecule has 0 heterocycles. The van der Waals surface area contributed by atoms with E-state index in [-0.39, 0.29) is 0 Å². The standard InChI is InChI=1S/C12H23N3/c1-2-3-7-10-14-12(13)15-11-8-5-4-6-9-11/h2-3,11H,4-10H2,1H3,(H3,13,14,15). The van der Waals surface area contributed by atoms with Crippen LogP contribution in [-0.2, 0) is 0 Å². The summed E-state index contributed by atoms with van der Waals surface area (Å²) in [4.78, 5) is 4.29. The SMILES string of the molecule is CC=CCCN=C(N)NC1CCCCC1. The maximum Gasteiger partial charge on any atom is 0.188 e. The lowest BCUT2D eigenvalue weighted by Gasteiger charge is -2.23. The van der Waals surface area contributed by atoms with Gasteiger partial charge in [-0.3, -0.25) is 4.99 Å². The third kappa shape index (κ3) is 5.45. The molecule has 0 aromatic carbocycles. The van der Waals surface area contributed by atoms with Gasteiger partial charge >= 0.3 is 0 Å². The monoisotopic (exact) mass is 209 g/mol. The Balaban J connectivity index is 2.17. The van der Waals surface area contributed by atoms with Crippen LogP contribution in [0.1, 0.15) is 45.4 Å². The predicted molar refractivity (Wildman–Crippen MR) is 65.9 cm³/mol. The van der Waals surface area contributed by atoms with E-state index in [1.165, 1.54) is 32.1 Å². The zero-order valence-corrected chi connectivity index (χ0v) is 9.71. The Hall–Kier alpha value is -0.990. The van der Waals surface area contributed by atoms with Gasteiger partial charge in [0.15, 0.2) is 5.96 Å². The van der Waals surface area contributed by atoms with Crippen molar-refractivity contribution in [1.82, 2.24) is 5.32 Å². The summed E-state index contributed by atoms with van der Waals surface area (Å²) < 4.78 is 0. The van der Waals surface area contributed by atoms with Crippen LogP contribution in [0.15, 0.2) is 17.1 Å². The summed E-state index contributed by atoms with van der Waals surface area (Å²) in [6, 6.07) is 0.559. The molecular weight excluding hydrogens is 186 g/mol. The maximum absolute atomic E-state index is 5.80. The molecule has 1 aliphatic rings. The van der Waals surface area contributed by atoms with Crippen LogP contribution in [-0.4, -0.2) is 18.5 Å². The minimum Gasteiger partial charge on any atom is -0.370 e. The largest absolute Gasteiger partial charge is 0.370 e. The van der Waals surface area contributed by atoms with Gasteiger partial charge in [-0.2, -0.15) is 0 Å². The van der Waals surface area contributed by atoms with Crippen molar-refractivity contribution in [2.45, 2.75) is 51.5 Å². The minimum atomic E-state index is 0.559. The molecule has 0 radical (unpaired) electrons. The highest BCUT2D eigenvalue weighted by molar-refractivity contribution is 5.78. The zero-order chi connectivity index (χ0) is 10.9. The van der Waals surface area contributed by atoms with Crippen molar-refractivity contribution in [2.75, 3.05) is 6.54 Å². The van der Waals surface area contributed by atoms with E-state index in [2.05, 4.69) is 16.4 Å². The number of guanidine groups is 1. The molecule has 0 atom stereocenters. The van der Waals surface area contributed by atoms with Crippen LogP contribution in [0.5, 0.6) is 0 Å². The highest BCUT2D eigenvalue weighted by Crippen LogP contribution is 2.16. The third-order valence-electron chi connectivity index (χ3n) is 2.77. The number of allylic oxidation sites excluding steroid dienone is 1. The molecule has 1 saturated carbocycles. The van der Waals surface area contributed by atoms with Gasteiger partial charge in [-0.25, -0.2) is 0 Å². The highest BCUT2D eigenvalue weighted by atomic mass is 15.1. The van der Waals surface area contributed by atoms with Crippen molar-refractivity contribution in [1.29, 1.82) is 0 Å². The van der Waals surface area contributed by atoms with Crippen LogP contribution in [0.3, 0.4) is 0 Å². The van der Waals surface area contributed by atoms with Crippen molar-refractivity contribution in [2.24, 2.45) is 10.7 Å². The fraction of sp³-hybridized carbons (Fsp3) is 0.750. The molecule has 3 heteroatoms. The molecule has 0 unspecified atom stereocenters. The van der Waals surface area contributed by atoms with Crippen LogP contribution in [0, 0.1) is 0 Å². The van der Waals surface area contributed by atoms with Crippen molar-refractivity contribution >= 4 is 5.96 Å². The van der Waals surface area contributed by atoms with Gasteiger partial charge in [0.25, 0.3) is 0 Å². The molecule has 0 bridgehead atoms. The zero-order valence-electron chi connectivity index (χ0n) is 9.71. The summed E-state index contributed by atoms with van der Waals surface area (Å²) in [5.74, 6) is 0.617. The van der Waals surface area contributed by atoms with Crippen LogP contribution < -0.4 is 11.1 Å². The Morgan fingerprint density at radius 3 is 2.80 bits per heavy atom. The van der Waals surface area contributed by atoms with Gasteiger partial charge in [-0.15, -0.1) is 0 Å². The smallest absolute Gasteiger partial charge is 0.188 e.